The van der Waals surface area contributed by atoms with Gasteiger partial charge in [-0.3, -0.25) is 4.79 Å². The van der Waals surface area contributed by atoms with Gasteiger partial charge in [0.15, 0.2) is 0 Å². The average molecular weight is 319 g/mol. The second-order valence-electron chi connectivity index (χ2n) is 7.23. The molecular weight excluding hydrogens is 290 g/mol. The van der Waals surface area contributed by atoms with Crippen molar-refractivity contribution in [1.29, 1.82) is 0 Å². The Morgan fingerprint density at radius 1 is 1.35 bits per heavy atom. The molecule has 1 aliphatic carbocycles. The Kier molecular flexibility index (Phi) is 6.46. The number of nitrogens with one attached hydrogen (secondary N) is 1. The zero-order valence-corrected chi connectivity index (χ0v) is 14.3. The lowest BCUT2D eigenvalue weighted by Gasteiger charge is -2.21. The molecule has 1 aliphatic rings. The second-order valence-corrected chi connectivity index (χ2v) is 7.23. The summed E-state index contributed by atoms with van der Waals surface area (Å²) < 4.78 is 5.94. The van der Waals surface area contributed by atoms with Gasteiger partial charge in [0, 0.05) is 18.7 Å². The molecule has 1 fully saturated rings. The third-order valence-electron chi connectivity index (χ3n) is 4.45. The first-order valence-electron chi connectivity index (χ1n) is 8.66. The van der Waals surface area contributed by atoms with Gasteiger partial charge < -0.3 is 15.2 Å². The SMILES string of the molecule is CC(C)(CO)CCCNC(=O)c1cccc(OC2CCCC2)c1. The van der Waals surface area contributed by atoms with E-state index in [1.165, 1.54) is 12.8 Å². The van der Waals surface area contributed by atoms with Gasteiger partial charge in [0.1, 0.15) is 5.75 Å². The van der Waals surface area contributed by atoms with Crippen molar-refractivity contribution in [3.63, 3.8) is 0 Å². The number of aliphatic hydroxyl groups excluding tert-OH is 1. The molecular formula is C19H29NO3. The van der Waals surface area contributed by atoms with E-state index in [2.05, 4.69) is 5.32 Å². The Balaban J connectivity index is 1.80. The zero-order valence-electron chi connectivity index (χ0n) is 14.3. The van der Waals surface area contributed by atoms with Crippen LogP contribution in [-0.4, -0.2) is 30.3 Å². The monoisotopic (exact) mass is 319 g/mol. The topological polar surface area (TPSA) is 58.6 Å². The van der Waals surface area contributed by atoms with Crippen LogP contribution >= 0.6 is 0 Å². The number of ether oxygens (including phenoxy) is 1. The van der Waals surface area contributed by atoms with E-state index in [0.29, 0.717) is 18.2 Å². The molecule has 4 heteroatoms. The van der Waals surface area contributed by atoms with Crippen molar-refractivity contribution in [1.82, 2.24) is 5.32 Å². The first-order chi connectivity index (χ1) is 11.0. The first kappa shape index (κ1) is 17.8. The van der Waals surface area contributed by atoms with Gasteiger partial charge >= 0.3 is 0 Å². The number of aliphatic hydroxyl groups is 1. The smallest absolute Gasteiger partial charge is 0.251 e. The molecule has 0 spiro atoms. The maximum Gasteiger partial charge on any atom is 0.251 e. The van der Waals surface area contributed by atoms with Gasteiger partial charge in [-0.15, -0.1) is 0 Å². The predicted molar refractivity (Wildman–Crippen MR) is 91.8 cm³/mol. The highest BCUT2D eigenvalue weighted by molar-refractivity contribution is 5.94. The van der Waals surface area contributed by atoms with Gasteiger partial charge in [0.05, 0.1) is 6.10 Å². The number of carbonyl (C=O) groups is 1. The van der Waals surface area contributed by atoms with Crippen LogP contribution in [0.2, 0.25) is 0 Å². The fourth-order valence-corrected chi connectivity index (χ4v) is 2.86. The Labute approximate surface area is 139 Å². The predicted octanol–water partition coefficient (Wildman–Crippen LogP) is 3.54. The fraction of sp³-hybridized carbons (Fsp3) is 0.632. The van der Waals surface area contributed by atoms with E-state index in [1.54, 1.807) is 0 Å². The summed E-state index contributed by atoms with van der Waals surface area (Å²) in [5.74, 6) is 0.717. The average Bonchev–Trinajstić information content (AvgIpc) is 3.04. The Bertz CT molecular complexity index is 507. The van der Waals surface area contributed by atoms with Crippen molar-refractivity contribution in [3.8, 4) is 5.75 Å². The lowest BCUT2D eigenvalue weighted by Crippen LogP contribution is -2.26. The summed E-state index contributed by atoms with van der Waals surface area (Å²) in [7, 11) is 0. The number of carbonyl (C=O) groups excluding carboxylic acids is 1. The molecule has 128 valence electrons. The normalized spacial score (nSPS) is 15.6. The summed E-state index contributed by atoms with van der Waals surface area (Å²) in [6, 6.07) is 7.42. The summed E-state index contributed by atoms with van der Waals surface area (Å²) in [6.45, 7) is 4.84. The molecule has 0 saturated heterocycles. The lowest BCUT2D eigenvalue weighted by atomic mass is 9.89. The van der Waals surface area contributed by atoms with E-state index in [9.17, 15) is 9.90 Å². The molecule has 1 amide bonds. The van der Waals surface area contributed by atoms with Crippen LogP contribution in [0, 0.1) is 5.41 Å². The van der Waals surface area contributed by atoms with Crippen LogP contribution in [0.4, 0.5) is 0 Å². The van der Waals surface area contributed by atoms with Crippen LogP contribution in [0.5, 0.6) is 5.75 Å². The molecule has 23 heavy (non-hydrogen) atoms. The maximum atomic E-state index is 12.2. The van der Waals surface area contributed by atoms with Crippen LogP contribution in [0.15, 0.2) is 24.3 Å². The van der Waals surface area contributed by atoms with E-state index < -0.39 is 0 Å². The third kappa shape index (κ3) is 5.87. The van der Waals surface area contributed by atoms with Crippen LogP contribution in [0.3, 0.4) is 0 Å². The molecule has 2 N–H and O–H groups in total. The van der Waals surface area contributed by atoms with Crippen LogP contribution in [-0.2, 0) is 0 Å². The van der Waals surface area contributed by atoms with E-state index >= 15 is 0 Å². The molecule has 0 bridgehead atoms. The van der Waals surface area contributed by atoms with E-state index in [-0.39, 0.29) is 17.9 Å². The first-order valence-corrected chi connectivity index (χ1v) is 8.66. The molecule has 0 heterocycles. The van der Waals surface area contributed by atoms with Crippen molar-refractivity contribution in [3.05, 3.63) is 29.8 Å². The van der Waals surface area contributed by atoms with Crippen molar-refractivity contribution < 1.29 is 14.6 Å². The largest absolute Gasteiger partial charge is 0.490 e. The summed E-state index contributed by atoms with van der Waals surface area (Å²) in [4.78, 5) is 12.2. The molecule has 0 radical (unpaired) electrons. The highest BCUT2D eigenvalue weighted by atomic mass is 16.5. The van der Waals surface area contributed by atoms with Crippen LogP contribution < -0.4 is 10.1 Å². The van der Waals surface area contributed by atoms with Crippen molar-refractivity contribution in [2.75, 3.05) is 13.2 Å². The van der Waals surface area contributed by atoms with Crippen LogP contribution in [0.25, 0.3) is 0 Å². The highest BCUT2D eigenvalue weighted by Crippen LogP contribution is 2.24. The summed E-state index contributed by atoms with van der Waals surface area (Å²) in [6.07, 6.45) is 6.72. The van der Waals surface area contributed by atoms with E-state index in [4.69, 9.17) is 4.74 Å². The Morgan fingerprint density at radius 2 is 2.09 bits per heavy atom. The van der Waals surface area contributed by atoms with Gasteiger partial charge in [0.2, 0.25) is 0 Å². The molecule has 0 aliphatic heterocycles. The molecule has 4 nitrogen and oxygen atoms in total. The third-order valence-corrected chi connectivity index (χ3v) is 4.45. The van der Waals surface area contributed by atoms with Crippen molar-refractivity contribution in [2.24, 2.45) is 5.41 Å². The van der Waals surface area contributed by atoms with E-state index in [1.807, 2.05) is 38.1 Å². The minimum absolute atomic E-state index is 0.0660. The highest BCUT2D eigenvalue weighted by Gasteiger charge is 2.17. The van der Waals surface area contributed by atoms with Gasteiger partial charge in [0.25, 0.3) is 5.91 Å². The standard InChI is InChI=1S/C19H29NO3/c1-19(2,14-21)11-6-12-20-18(22)15-7-5-10-17(13-15)23-16-8-3-4-9-16/h5,7,10,13,16,21H,3-4,6,8-9,11-12,14H2,1-2H3,(H,20,22). The zero-order chi connectivity index (χ0) is 16.7. The Hall–Kier alpha value is -1.55. The quantitative estimate of drug-likeness (QED) is 0.721. The molecule has 0 atom stereocenters. The number of amides is 1. The summed E-state index contributed by atoms with van der Waals surface area (Å²) in [5.41, 5.74) is 0.557. The van der Waals surface area contributed by atoms with Crippen LogP contribution in [0.1, 0.15) is 62.7 Å². The molecule has 0 aromatic heterocycles. The minimum Gasteiger partial charge on any atom is -0.490 e. The molecule has 2 rings (SSSR count). The maximum absolute atomic E-state index is 12.2. The van der Waals surface area contributed by atoms with Crippen molar-refractivity contribution in [2.45, 2.75) is 58.5 Å². The van der Waals surface area contributed by atoms with E-state index in [0.717, 1.165) is 31.4 Å². The number of hydrogen-bond acceptors (Lipinski definition) is 3. The van der Waals surface area contributed by atoms with Gasteiger partial charge in [-0.2, -0.15) is 0 Å². The number of rotatable bonds is 8. The van der Waals surface area contributed by atoms with Gasteiger partial charge in [-0.05, 0) is 62.1 Å². The molecule has 0 unspecified atom stereocenters. The molecule has 1 aromatic carbocycles. The number of hydrogen-bond donors (Lipinski definition) is 2. The van der Waals surface area contributed by atoms with Crippen molar-refractivity contribution >= 4 is 5.91 Å². The summed E-state index contributed by atoms with van der Waals surface area (Å²) >= 11 is 0. The number of benzene rings is 1. The Morgan fingerprint density at radius 3 is 2.78 bits per heavy atom. The van der Waals surface area contributed by atoms with Gasteiger partial charge in [-0.25, -0.2) is 0 Å². The van der Waals surface area contributed by atoms with Gasteiger partial charge in [-0.1, -0.05) is 19.9 Å². The molecule has 1 aromatic rings. The molecule has 1 saturated carbocycles. The lowest BCUT2D eigenvalue weighted by molar-refractivity contribution is 0.0947. The minimum atomic E-state index is -0.0836. The fourth-order valence-electron chi connectivity index (χ4n) is 2.86. The second kappa shape index (κ2) is 8.34. The summed E-state index contributed by atoms with van der Waals surface area (Å²) in [5, 5.41) is 12.2.